The summed E-state index contributed by atoms with van der Waals surface area (Å²) in [7, 11) is 1.64. The Hall–Kier alpha value is -1.85. The normalized spacial score (nSPS) is 11.9. The Morgan fingerprint density at radius 1 is 1.10 bits per heavy atom. The van der Waals surface area contributed by atoms with Crippen LogP contribution in [0.25, 0.3) is 0 Å². The van der Waals surface area contributed by atoms with E-state index in [9.17, 15) is 5.11 Å². The van der Waals surface area contributed by atoms with Crippen molar-refractivity contribution in [3.05, 3.63) is 48.5 Å². The third-order valence-corrected chi connectivity index (χ3v) is 4.05. The Morgan fingerprint density at radius 2 is 1.76 bits per heavy atom. The van der Waals surface area contributed by atoms with Crippen LogP contribution in [0.2, 0.25) is 0 Å². The molecule has 2 aromatic rings. The second kappa shape index (κ2) is 7.81. The summed E-state index contributed by atoms with van der Waals surface area (Å²) in [5.41, 5.74) is 6.35. The van der Waals surface area contributed by atoms with E-state index in [0.717, 1.165) is 10.6 Å². The predicted molar refractivity (Wildman–Crippen MR) is 86.1 cm³/mol. The largest absolute Gasteiger partial charge is 0.496 e. The van der Waals surface area contributed by atoms with Crippen LogP contribution in [-0.2, 0) is 0 Å². The highest BCUT2D eigenvalue weighted by atomic mass is 32.2. The molecule has 2 aromatic carbocycles. The summed E-state index contributed by atoms with van der Waals surface area (Å²) in [5.74, 6) is 1.93. The van der Waals surface area contributed by atoms with Gasteiger partial charge in [-0.1, -0.05) is 24.3 Å². The van der Waals surface area contributed by atoms with Gasteiger partial charge in [0.1, 0.15) is 18.1 Å². The lowest BCUT2D eigenvalue weighted by atomic mass is 10.3. The number of aliphatic hydroxyl groups excluding tert-OH is 1. The molecule has 5 heteroatoms. The third kappa shape index (κ3) is 4.58. The van der Waals surface area contributed by atoms with Crippen LogP contribution in [0.4, 0.5) is 5.69 Å². The van der Waals surface area contributed by atoms with Crippen molar-refractivity contribution in [2.45, 2.75) is 11.0 Å². The first-order valence-corrected chi connectivity index (χ1v) is 7.60. The van der Waals surface area contributed by atoms with Gasteiger partial charge >= 0.3 is 0 Å². The lowest BCUT2D eigenvalue weighted by molar-refractivity contribution is 0.127. The Balaban J connectivity index is 1.82. The lowest BCUT2D eigenvalue weighted by Gasteiger charge is -2.14. The number of nitrogen functional groups attached to an aromatic ring is 1. The minimum Gasteiger partial charge on any atom is -0.496 e. The minimum absolute atomic E-state index is 0.205. The maximum atomic E-state index is 10.00. The smallest absolute Gasteiger partial charge is 0.142 e. The molecule has 0 aliphatic heterocycles. The van der Waals surface area contributed by atoms with Crippen LogP contribution in [-0.4, -0.2) is 30.7 Å². The van der Waals surface area contributed by atoms with Gasteiger partial charge < -0.3 is 20.3 Å². The molecule has 0 spiro atoms. The fraction of sp³-hybridized carbons (Fsp3) is 0.250. The third-order valence-electron chi connectivity index (χ3n) is 2.85. The highest BCUT2D eigenvalue weighted by Gasteiger charge is 2.09. The van der Waals surface area contributed by atoms with Gasteiger partial charge in [0.25, 0.3) is 0 Å². The fourth-order valence-electron chi connectivity index (χ4n) is 1.77. The monoisotopic (exact) mass is 305 g/mol. The van der Waals surface area contributed by atoms with Gasteiger partial charge in [-0.3, -0.25) is 0 Å². The van der Waals surface area contributed by atoms with Gasteiger partial charge in [0.15, 0.2) is 0 Å². The first-order valence-electron chi connectivity index (χ1n) is 6.62. The van der Waals surface area contributed by atoms with Gasteiger partial charge in [-0.05, 0) is 24.3 Å². The van der Waals surface area contributed by atoms with E-state index in [4.69, 9.17) is 15.2 Å². The number of aliphatic hydroxyl groups is 1. The molecule has 0 saturated heterocycles. The molecule has 21 heavy (non-hydrogen) atoms. The van der Waals surface area contributed by atoms with Crippen LogP contribution in [0.1, 0.15) is 0 Å². The number of para-hydroxylation sites is 3. The quantitative estimate of drug-likeness (QED) is 0.608. The predicted octanol–water partition coefficient (Wildman–Crippen LogP) is 2.81. The van der Waals surface area contributed by atoms with Crippen molar-refractivity contribution in [1.29, 1.82) is 0 Å². The van der Waals surface area contributed by atoms with Crippen molar-refractivity contribution in [3.8, 4) is 11.5 Å². The number of rotatable bonds is 7. The van der Waals surface area contributed by atoms with Crippen molar-refractivity contribution < 1.29 is 14.6 Å². The zero-order valence-electron chi connectivity index (χ0n) is 11.9. The van der Waals surface area contributed by atoms with Gasteiger partial charge in [0, 0.05) is 10.6 Å². The molecule has 112 valence electrons. The number of ether oxygens (including phenoxy) is 2. The van der Waals surface area contributed by atoms with Gasteiger partial charge in [-0.25, -0.2) is 0 Å². The van der Waals surface area contributed by atoms with Crippen molar-refractivity contribution in [3.63, 3.8) is 0 Å². The molecule has 0 aliphatic rings. The summed E-state index contributed by atoms with van der Waals surface area (Å²) in [6, 6.07) is 15.0. The number of benzene rings is 2. The first-order chi connectivity index (χ1) is 10.2. The molecule has 1 atom stereocenters. The number of hydrogen-bond acceptors (Lipinski definition) is 5. The van der Waals surface area contributed by atoms with E-state index in [1.165, 1.54) is 11.8 Å². The number of nitrogens with two attached hydrogens (primary N) is 1. The minimum atomic E-state index is -0.584. The van der Waals surface area contributed by atoms with Crippen LogP contribution in [0.5, 0.6) is 11.5 Å². The number of anilines is 1. The Labute approximate surface area is 128 Å². The number of methoxy groups -OCH3 is 1. The standard InChI is InChI=1S/C16H19NO3S/c1-19-15-8-4-5-9-16(15)21-11-12(18)10-20-14-7-3-2-6-13(14)17/h2-9,12,18H,10-11,17H2,1H3. The maximum absolute atomic E-state index is 10.00. The van der Waals surface area contributed by atoms with E-state index in [1.807, 2.05) is 36.4 Å². The molecule has 0 amide bonds. The van der Waals surface area contributed by atoms with E-state index in [0.29, 0.717) is 17.2 Å². The molecule has 0 fully saturated rings. The van der Waals surface area contributed by atoms with Crippen LogP contribution >= 0.6 is 11.8 Å². The van der Waals surface area contributed by atoms with Crippen LogP contribution in [0.3, 0.4) is 0 Å². The molecule has 0 aromatic heterocycles. The summed E-state index contributed by atoms with van der Waals surface area (Å²) in [4.78, 5) is 0.998. The summed E-state index contributed by atoms with van der Waals surface area (Å²) in [5, 5.41) is 10.00. The summed E-state index contributed by atoms with van der Waals surface area (Å²) in [6.07, 6.45) is -0.584. The zero-order valence-corrected chi connectivity index (χ0v) is 12.7. The molecular weight excluding hydrogens is 286 g/mol. The second-order valence-corrected chi connectivity index (χ2v) is 5.53. The van der Waals surface area contributed by atoms with Gasteiger partial charge in [-0.2, -0.15) is 0 Å². The molecule has 4 nitrogen and oxygen atoms in total. The molecule has 2 rings (SSSR count). The molecule has 0 bridgehead atoms. The Kier molecular flexibility index (Phi) is 5.78. The lowest BCUT2D eigenvalue weighted by Crippen LogP contribution is -2.20. The van der Waals surface area contributed by atoms with E-state index in [2.05, 4.69) is 0 Å². The fourth-order valence-corrected chi connectivity index (χ4v) is 2.71. The van der Waals surface area contributed by atoms with Crippen molar-refractivity contribution in [2.24, 2.45) is 0 Å². The van der Waals surface area contributed by atoms with Crippen molar-refractivity contribution >= 4 is 17.4 Å². The first kappa shape index (κ1) is 15.5. The van der Waals surface area contributed by atoms with Gasteiger partial charge in [0.2, 0.25) is 0 Å². The van der Waals surface area contributed by atoms with E-state index >= 15 is 0 Å². The van der Waals surface area contributed by atoms with Crippen LogP contribution in [0.15, 0.2) is 53.4 Å². The molecule has 1 unspecified atom stereocenters. The van der Waals surface area contributed by atoms with Gasteiger partial charge in [-0.15, -0.1) is 11.8 Å². The molecule has 0 radical (unpaired) electrons. The Morgan fingerprint density at radius 3 is 2.48 bits per heavy atom. The average Bonchev–Trinajstić information content (AvgIpc) is 2.52. The molecule has 3 N–H and O–H groups in total. The number of thioether (sulfide) groups is 1. The van der Waals surface area contributed by atoms with Crippen molar-refractivity contribution in [1.82, 2.24) is 0 Å². The SMILES string of the molecule is COc1ccccc1SCC(O)COc1ccccc1N. The van der Waals surface area contributed by atoms with E-state index in [-0.39, 0.29) is 6.61 Å². The summed E-state index contributed by atoms with van der Waals surface area (Å²) < 4.78 is 10.8. The maximum Gasteiger partial charge on any atom is 0.142 e. The molecular formula is C16H19NO3S. The molecule has 0 aliphatic carbocycles. The van der Waals surface area contributed by atoms with Crippen molar-refractivity contribution in [2.75, 3.05) is 25.2 Å². The van der Waals surface area contributed by atoms with E-state index < -0.39 is 6.10 Å². The van der Waals surface area contributed by atoms with Crippen LogP contribution in [0, 0.1) is 0 Å². The molecule has 0 heterocycles. The number of hydrogen-bond donors (Lipinski definition) is 2. The highest BCUT2D eigenvalue weighted by molar-refractivity contribution is 7.99. The summed E-state index contributed by atoms with van der Waals surface area (Å²) in [6.45, 7) is 0.205. The van der Waals surface area contributed by atoms with Crippen LogP contribution < -0.4 is 15.2 Å². The van der Waals surface area contributed by atoms with E-state index in [1.54, 1.807) is 19.2 Å². The second-order valence-electron chi connectivity index (χ2n) is 4.46. The topological polar surface area (TPSA) is 64.7 Å². The summed E-state index contributed by atoms with van der Waals surface area (Å²) >= 11 is 1.53. The molecule has 0 saturated carbocycles. The van der Waals surface area contributed by atoms with Gasteiger partial charge in [0.05, 0.1) is 18.9 Å². The Bertz CT molecular complexity index is 577. The average molecular weight is 305 g/mol. The highest BCUT2D eigenvalue weighted by Crippen LogP contribution is 2.29. The zero-order chi connectivity index (χ0) is 15.1.